The standard InChI is InChI=1S/C14H14F2N2O2S/c1-9-6-11(15)3-5-13(9)18-21(19,20)14-7-10(8-17)2-4-12(14)16/h2-7,18H,8,17H2,1H3. The first-order valence-electron chi connectivity index (χ1n) is 6.11. The van der Waals surface area contributed by atoms with Gasteiger partial charge in [0, 0.05) is 6.54 Å². The minimum Gasteiger partial charge on any atom is -0.326 e. The summed E-state index contributed by atoms with van der Waals surface area (Å²) < 4.78 is 53.5. The fourth-order valence-corrected chi connectivity index (χ4v) is 3.08. The van der Waals surface area contributed by atoms with E-state index in [1.54, 1.807) is 6.92 Å². The van der Waals surface area contributed by atoms with Crippen LogP contribution in [0.25, 0.3) is 0 Å². The molecule has 4 nitrogen and oxygen atoms in total. The lowest BCUT2D eigenvalue weighted by atomic mass is 10.2. The Morgan fingerprint density at radius 1 is 1.14 bits per heavy atom. The third-order valence-corrected chi connectivity index (χ3v) is 4.33. The highest BCUT2D eigenvalue weighted by Crippen LogP contribution is 2.23. The molecule has 2 rings (SSSR count). The molecule has 0 bridgehead atoms. The molecule has 0 heterocycles. The molecule has 0 atom stereocenters. The van der Waals surface area contributed by atoms with Crippen LogP contribution >= 0.6 is 0 Å². The molecule has 0 aliphatic heterocycles. The Kier molecular flexibility index (Phi) is 4.24. The molecule has 0 saturated heterocycles. The van der Waals surface area contributed by atoms with Crippen molar-refractivity contribution in [1.82, 2.24) is 0 Å². The molecule has 2 aromatic rings. The number of hydrogen-bond acceptors (Lipinski definition) is 3. The highest BCUT2D eigenvalue weighted by Gasteiger charge is 2.20. The number of hydrogen-bond donors (Lipinski definition) is 2. The van der Waals surface area contributed by atoms with Gasteiger partial charge in [-0.15, -0.1) is 0 Å². The van der Waals surface area contributed by atoms with Gasteiger partial charge in [0.2, 0.25) is 0 Å². The van der Waals surface area contributed by atoms with Crippen LogP contribution in [0.1, 0.15) is 11.1 Å². The predicted molar refractivity (Wildman–Crippen MR) is 76.2 cm³/mol. The van der Waals surface area contributed by atoms with Crippen molar-refractivity contribution in [2.45, 2.75) is 18.4 Å². The van der Waals surface area contributed by atoms with Gasteiger partial charge in [-0.05, 0) is 48.4 Å². The van der Waals surface area contributed by atoms with Crippen LogP contribution in [-0.4, -0.2) is 8.42 Å². The Balaban J connectivity index is 2.43. The Morgan fingerprint density at radius 2 is 1.86 bits per heavy atom. The van der Waals surface area contributed by atoms with E-state index < -0.39 is 26.6 Å². The van der Waals surface area contributed by atoms with Gasteiger partial charge in [0.1, 0.15) is 16.5 Å². The summed E-state index contributed by atoms with van der Waals surface area (Å²) in [7, 11) is -4.11. The summed E-state index contributed by atoms with van der Waals surface area (Å²) in [4.78, 5) is -0.492. The molecule has 0 unspecified atom stereocenters. The van der Waals surface area contributed by atoms with Crippen molar-refractivity contribution in [3.8, 4) is 0 Å². The van der Waals surface area contributed by atoms with Crippen LogP contribution in [0.15, 0.2) is 41.3 Å². The van der Waals surface area contributed by atoms with E-state index in [2.05, 4.69) is 4.72 Å². The normalized spacial score (nSPS) is 11.4. The molecule has 0 aromatic heterocycles. The summed E-state index contributed by atoms with van der Waals surface area (Å²) in [5.41, 5.74) is 6.51. The lowest BCUT2D eigenvalue weighted by Gasteiger charge is -2.12. The second-order valence-electron chi connectivity index (χ2n) is 4.53. The Bertz CT molecular complexity index is 777. The lowest BCUT2D eigenvalue weighted by Crippen LogP contribution is -2.16. The molecular formula is C14H14F2N2O2S. The number of rotatable bonds is 4. The van der Waals surface area contributed by atoms with Crippen molar-refractivity contribution < 1.29 is 17.2 Å². The molecule has 2 aromatic carbocycles. The van der Waals surface area contributed by atoms with Crippen molar-refractivity contribution in [2.75, 3.05) is 4.72 Å². The van der Waals surface area contributed by atoms with Crippen LogP contribution in [0, 0.1) is 18.6 Å². The van der Waals surface area contributed by atoms with E-state index in [0.717, 1.165) is 12.1 Å². The molecule has 7 heteroatoms. The Hall–Kier alpha value is -1.99. The number of aryl methyl sites for hydroxylation is 1. The van der Waals surface area contributed by atoms with Gasteiger partial charge >= 0.3 is 0 Å². The first kappa shape index (κ1) is 15.4. The minimum atomic E-state index is -4.11. The second kappa shape index (κ2) is 5.79. The van der Waals surface area contributed by atoms with Crippen molar-refractivity contribution in [3.63, 3.8) is 0 Å². The van der Waals surface area contributed by atoms with Gasteiger partial charge in [-0.1, -0.05) is 6.07 Å². The van der Waals surface area contributed by atoms with Crippen LogP contribution < -0.4 is 10.5 Å². The summed E-state index contributed by atoms with van der Waals surface area (Å²) in [5.74, 6) is -1.36. The number of sulfonamides is 1. The largest absolute Gasteiger partial charge is 0.326 e. The molecule has 0 spiro atoms. The first-order valence-corrected chi connectivity index (χ1v) is 7.59. The molecule has 21 heavy (non-hydrogen) atoms. The molecule has 0 fully saturated rings. The van der Waals surface area contributed by atoms with Gasteiger partial charge < -0.3 is 5.73 Å². The smallest absolute Gasteiger partial charge is 0.264 e. The maximum Gasteiger partial charge on any atom is 0.264 e. The van der Waals surface area contributed by atoms with Crippen LogP contribution in [0.2, 0.25) is 0 Å². The maximum atomic E-state index is 13.7. The van der Waals surface area contributed by atoms with Crippen LogP contribution in [0.3, 0.4) is 0 Å². The van der Waals surface area contributed by atoms with Crippen LogP contribution in [-0.2, 0) is 16.6 Å². The minimum absolute atomic E-state index is 0.0956. The van der Waals surface area contributed by atoms with Gasteiger partial charge in [0.05, 0.1) is 5.69 Å². The highest BCUT2D eigenvalue weighted by atomic mass is 32.2. The monoisotopic (exact) mass is 312 g/mol. The Morgan fingerprint density at radius 3 is 2.48 bits per heavy atom. The third-order valence-electron chi connectivity index (χ3n) is 2.95. The van der Waals surface area contributed by atoms with Crippen molar-refractivity contribution in [3.05, 3.63) is 59.2 Å². The van der Waals surface area contributed by atoms with Gasteiger partial charge in [0.25, 0.3) is 10.0 Å². The van der Waals surface area contributed by atoms with Gasteiger partial charge in [0.15, 0.2) is 0 Å². The zero-order valence-electron chi connectivity index (χ0n) is 11.2. The summed E-state index contributed by atoms with van der Waals surface area (Å²) in [6.45, 7) is 1.64. The average Bonchev–Trinajstić information content (AvgIpc) is 2.42. The van der Waals surface area contributed by atoms with Crippen LogP contribution in [0.4, 0.5) is 14.5 Å². The van der Waals surface area contributed by atoms with E-state index in [9.17, 15) is 17.2 Å². The maximum absolute atomic E-state index is 13.7. The topological polar surface area (TPSA) is 72.2 Å². The van der Waals surface area contributed by atoms with Crippen LogP contribution in [0.5, 0.6) is 0 Å². The Labute approximate surface area is 121 Å². The fraction of sp³-hybridized carbons (Fsp3) is 0.143. The lowest BCUT2D eigenvalue weighted by molar-refractivity contribution is 0.569. The number of halogens is 2. The third kappa shape index (κ3) is 3.37. The summed E-state index contributed by atoms with van der Waals surface area (Å²) in [6, 6.07) is 7.23. The molecule has 0 radical (unpaired) electrons. The van der Waals surface area contributed by atoms with E-state index in [-0.39, 0.29) is 12.2 Å². The van der Waals surface area contributed by atoms with E-state index in [1.807, 2.05) is 0 Å². The number of nitrogens with one attached hydrogen (secondary N) is 1. The van der Waals surface area contributed by atoms with Gasteiger partial charge in [-0.25, -0.2) is 17.2 Å². The summed E-state index contributed by atoms with van der Waals surface area (Å²) >= 11 is 0. The summed E-state index contributed by atoms with van der Waals surface area (Å²) in [6.07, 6.45) is 0. The van der Waals surface area contributed by atoms with Crippen molar-refractivity contribution >= 4 is 15.7 Å². The van der Waals surface area contributed by atoms with E-state index in [0.29, 0.717) is 11.1 Å². The zero-order chi connectivity index (χ0) is 15.6. The van der Waals surface area contributed by atoms with E-state index >= 15 is 0 Å². The molecule has 3 N–H and O–H groups in total. The van der Waals surface area contributed by atoms with Crippen molar-refractivity contribution in [2.24, 2.45) is 5.73 Å². The molecule has 0 saturated carbocycles. The van der Waals surface area contributed by atoms with Gasteiger partial charge in [-0.3, -0.25) is 4.72 Å². The molecular weight excluding hydrogens is 298 g/mol. The zero-order valence-corrected chi connectivity index (χ0v) is 12.0. The quantitative estimate of drug-likeness (QED) is 0.911. The SMILES string of the molecule is Cc1cc(F)ccc1NS(=O)(=O)c1cc(CN)ccc1F. The predicted octanol–water partition coefficient (Wildman–Crippen LogP) is 2.53. The number of benzene rings is 2. The average molecular weight is 312 g/mol. The van der Waals surface area contributed by atoms with E-state index in [4.69, 9.17) is 5.73 Å². The molecule has 0 aliphatic rings. The molecule has 112 valence electrons. The van der Waals surface area contributed by atoms with Gasteiger partial charge in [-0.2, -0.15) is 0 Å². The summed E-state index contributed by atoms with van der Waals surface area (Å²) in [5, 5.41) is 0. The highest BCUT2D eigenvalue weighted by molar-refractivity contribution is 7.92. The first-order chi connectivity index (χ1) is 9.83. The second-order valence-corrected chi connectivity index (χ2v) is 6.18. The van der Waals surface area contributed by atoms with E-state index in [1.165, 1.54) is 24.3 Å². The van der Waals surface area contributed by atoms with Crippen molar-refractivity contribution in [1.29, 1.82) is 0 Å². The molecule has 0 aliphatic carbocycles. The number of nitrogens with two attached hydrogens (primary N) is 1. The number of anilines is 1. The molecule has 0 amide bonds. The fourth-order valence-electron chi connectivity index (χ4n) is 1.82.